The van der Waals surface area contributed by atoms with Gasteiger partial charge in [0.05, 0.1) is 29.4 Å². The molecule has 0 spiro atoms. The minimum atomic E-state index is -0.0748. The van der Waals surface area contributed by atoms with Crippen molar-refractivity contribution in [2.45, 2.75) is 58.8 Å². The van der Waals surface area contributed by atoms with E-state index in [4.69, 9.17) is 4.74 Å². The Morgan fingerprint density at radius 1 is 1.16 bits per heavy atom. The number of likely N-dealkylation sites (tertiary alicyclic amines) is 1. The third-order valence-corrected chi connectivity index (χ3v) is 6.60. The van der Waals surface area contributed by atoms with Gasteiger partial charge in [0.2, 0.25) is 5.91 Å². The van der Waals surface area contributed by atoms with Gasteiger partial charge in [-0.1, -0.05) is 12.1 Å². The van der Waals surface area contributed by atoms with Gasteiger partial charge in [-0.3, -0.25) is 19.1 Å². The van der Waals surface area contributed by atoms with Gasteiger partial charge in [0.25, 0.3) is 5.56 Å². The number of nitrogens with zero attached hydrogens (tertiary/aromatic N) is 4. The zero-order valence-electron chi connectivity index (χ0n) is 18.9. The van der Waals surface area contributed by atoms with Crippen LogP contribution in [-0.4, -0.2) is 70.2 Å². The first-order valence-corrected chi connectivity index (χ1v) is 11.5. The average molecular weight is 427 g/mol. The standard InChI is InChI=1S/C24H34N4O3/c1-17-5-4-6-21-23(17)25-16-28(24(21)30)12-9-22(29)27-10-7-20(8-11-27)15-26-13-18(2)31-19(3)14-26/h4-6,16,18-20H,7-15H2,1-3H3. The summed E-state index contributed by atoms with van der Waals surface area (Å²) in [4.78, 5) is 34.4. The first-order chi connectivity index (χ1) is 14.9. The quantitative estimate of drug-likeness (QED) is 0.735. The van der Waals surface area contributed by atoms with E-state index in [1.807, 2.05) is 24.0 Å². The Morgan fingerprint density at radius 3 is 2.58 bits per heavy atom. The van der Waals surface area contributed by atoms with Gasteiger partial charge in [-0.25, -0.2) is 4.98 Å². The zero-order valence-corrected chi connectivity index (χ0v) is 18.9. The fraction of sp³-hybridized carbons (Fsp3) is 0.625. The molecule has 2 atom stereocenters. The summed E-state index contributed by atoms with van der Waals surface area (Å²) in [5.41, 5.74) is 1.65. The summed E-state index contributed by atoms with van der Waals surface area (Å²) in [6, 6.07) is 5.63. The van der Waals surface area contributed by atoms with E-state index in [-0.39, 0.29) is 11.5 Å². The molecule has 2 aliphatic rings. The van der Waals surface area contributed by atoms with Crippen molar-refractivity contribution in [2.75, 3.05) is 32.7 Å². The van der Waals surface area contributed by atoms with E-state index in [0.29, 0.717) is 36.5 Å². The van der Waals surface area contributed by atoms with Crippen LogP contribution in [0.4, 0.5) is 0 Å². The van der Waals surface area contributed by atoms with Crippen LogP contribution in [0.1, 0.15) is 38.7 Å². The van der Waals surface area contributed by atoms with Crippen LogP contribution in [0, 0.1) is 12.8 Å². The molecule has 2 saturated heterocycles. The van der Waals surface area contributed by atoms with Crippen molar-refractivity contribution in [3.63, 3.8) is 0 Å². The van der Waals surface area contributed by atoms with Crippen LogP contribution >= 0.6 is 0 Å². The highest BCUT2D eigenvalue weighted by Crippen LogP contribution is 2.21. The Labute approximate surface area is 184 Å². The minimum Gasteiger partial charge on any atom is -0.373 e. The van der Waals surface area contributed by atoms with Crippen LogP contribution in [0.2, 0.25) is 0 Å². The molecule has 0 saturated carbocycles. The number of aromatic nitrogens is 2. The normalized spacial score (nSPS) is 23.4. The second-order valence-corrected chi connectivity index (χ2v) is 9.26. The fourth-order valence-corrected chi connectivity index (χ4v) is 5.03. The van der Waals surface area contributed by atoms with Crippen LogP contribution < -0.4 is 5.56 Å². The van der Waals surface area contributed by atoms with E-state index < -0.39 is 0 Å². The Kier molecular flexibility index (Phi) is 6.72. The van der Waals surface area contributed by atoms with Gasteiger partial charge in [0.1, 0.15) is 0 Å². The van der Waals surface area contributed by atoms with Gasteiger partial charge in [-0.15, -0.1) is 0 Å². The molecule has 1 aromatic carbocycles. The Hall–Kier alpha value is -2.25. The second-order valence-electron chi connectivity index (χ2n) is 9.26. The summed E-state index contributed by atoms with van der Waals surface area (Å²) in [6.07, 6.45) is 4.58. The van der Waals surface area contributed by atoms with Crippen molar-refractivity contribution in [3.05, 3.63) is 40.4 Å². The predicted octanol–water partition coefficient (Wildman–Crippen LogP) is 2.44. The molecule has 168 valence electrons. The van der Waals surface area contributed by atoms with Crippen molar-refractivity contribution >= 4 is 16.8 Å². The van der Waals surface area contributed by atoms with Crippen LogP contribution in [0.3, 0.4) is 0 Å². The highest BCUT2D eigenvalue weighted by atomic mass is 16.5. The smallest absolute Gasteiger partial charge is 0.261 e. The lowest BCUT2D eigenvalue weighted by Crippen LogP contribution is -2.48. The van der Waals surface area contributed by atoms with E-state index in [0.717, 1.165) is 56.6 Å². The van der Waals surface area contributed by atoms with E-state index >= 15 is 0 Å². The molecule has 7 heteroatoms. The van der Waals surface area contributed by atoms with Crippen LogP contribution in [-0.2, 0) is 16.1 Å². The number of ether oxygens (including phenoxy) is 1. The van der Waals surface area contributed by atoms with E-state index in [1.165, 1.54) is 0 Å². The molecule has 2 aromatic rings. The van der Waals surface area contributed by atoms with Gasteiger partial charge >= 0.3 is 0 Å². The van der Waals surface area contributed by atoms with Gasteiger partial charge in [0.15, 0.2) is 0 Å². The largest absolute Gasteiger partial charge is 0.373 e. The molecule has 2 unspecified atom stereocenters. The van der Waals surface area contributed by atoms with Crippen molar-refractivity contribution in [1.82, 2.24) is 19.4 Å². The van der Waals surface area contributed by atoms with Gasteiger partial charge < -0.3 is 9.64 Å². The lowest BCUT2D eigenvalue weighted by Gasteiger charge is -2.39. The summed E-state index contributed by atoms with van der Waals surface area (Å²) in [5.74, 6) is 0.764. The third kappa shape index (κ3) is 5.15. The summed E-state index contributed by atoms with van der Waals surface area (Å²) >= 11 is 0. The third-order valence-electron chi connectivity index (χ3n) is 6.60. The number of hydrogen-bond donors (Lipinski definition) is 0. The zero-order chi connectivity index (χ0) is 22.0. The van der Waals surface area contributed by atoms with Crippen LogP contribution in [0.15, 0.2) is 29.3 Å². The molecule has 1 amide bonds. The van der Waals surface area contributed by atoms with Crippen molar-refractivity contribution < 1.29 is 9.53 Å². The number of benzene rings is 1. The van der Waals surface area contributed by atoms with E-state index in [9.17, 15) is 9.59 Å². The van der Waals surface area contributed by atoms with Crippen molar-refractivity contribution in [2.24, 2.45) is 5.92 Å². The maximum absolute atomic E-state index is 12.7. The Bertz CT molecular complexity index is 970. The molecule has 0 N–H and O–H groups in total. The van der Waals surface area contributed by atoms with E-state index in [1.54, 1.807) is 17.0 Å². The summed E-state index contributed by atoms with van der Waals surface area (Å²) in [7, 11) is 0. The number of fused-ring (bicyclic) bond motifs is 1. The number of para-hydroxylation sites is 1. The second kappa shape index (κ2) is 9.49. The first kappa shape index (κ1) is 22.0. The van der Waals surface area contributed by atoms with Crippen LogP contribution in [0.25, 0.3) is 10.9 Å². The number of rotatable bonds is 5. The Morgan fingerprint density at radius 2 is 1.87 bits per heavy atom. The summed E-state index contributed by atoms with van der Waals surface area (Å²) in [6.45, 7) is 11.3. The van der Waals surface area contributed by atoms with Crippen molar-refractivity contribution in [3.8, 4) is 0 Å². The molecular weight excluding hydrogens is 392 g/mol. The SMILES string of the molecule is Cc1cccc2c(=O)n(CCC(=O)N3CCC(CN4CC(C)OC(C)C4)CC3)cnc12. The summed E-state index contributed by atoms with van der Waals surface area (Å²) < 4.78 is 7.39. The highest BCUT2D eigenvalue weighted by Gasteiger charge is 2.27. The average Bonchev–Trinajstić information content (AvgIpc) is 2.73. The number of aryl methyl sites for hydroxylation is 2. The number of carbonyl (C=O) groups excluding carboxylic acids is 1. The number of carbonyl (C=O) groups is 1. The van der Waals surface area contributed by atoms with E-state index in [2.05, 4.69) is 23.7 Å². The molecule has 0 bridgehead atoms. The fourth-order valence-electron chi connectivity index (χ4n) is 5.03. The first-order valence-electron chi connectivity index (χ1n) is 11.5. The molecule has 0 aliphatic carbocycles. The van der Waals surface area contributed by atoms with Crippen LogP contribution in [0.5, 0.6) is 0 Å². The van der Waals surface area contributed by atoms with Crippen molar-refractivity contribution in [1.29, 1.82) is 0 Å². The maximum atomic E-state index is 12.7. The molecule has 3 heterocycles. The number of piperidine rings is 1. The Balaban J connectivity index is 1.27. The molecule has 31 heavy (non-hydrogen) atoms. The molecule has 2 fully saturated rings. The molecule has 1 aromatic heterocycles. The molecule has 0 radical (unpaired) electrons. The lowest BCUT2D eigenvalue weighted by atomic mass is 9.95. The van der Waals surface area contributed by atoms with Gasteiger partial charge in [-0.2, -0.15) is 0 Å². The lowest BCUT2D eigenvalue weighted by molar-refractivity contribution is -0.133. The predicted molar refractivity (Wildman–Crippen MR) is 121 cm³/mol. The minimum absolute atomic E-state index is 0.0748. The molecule has 4 rings (SSSR count). The maximum Gasteiger partial charge on any atom is 0.261 e. The topological polar surface area (TPSA) is 67.7 Å². The summed E-state index contributed by atoms with van der Waals surface area (Å²) in [5, 5.41) is 0.613. The molecular formula is C24H34N4O3. The number of hydrogen-bond acceptors (Lipinski definition) is 5. The number of amides is 1. The molecule has 7 nitrogen and oxygen atoms in total. The monoisotopic (exact) mass is 426 g/mol. The molecule has 2 aliphatic heterocycles. The van der Waals surface area contributed by atoms with Gasteiger partial charge in [-0.05, 0) is 51.2 Å². The van der Waals surface area contributed by atoms with Gasteiger partial charge in [0, 0.05) is 45.7 Å². The highest BCUT2D eigenvalue weighted by molar-refractivity contribution is 5.80. The number of morpholine rings is 1.